The van der Waals surface area contributed by atoms with Crippen molar-refractivity contribution in [2.45, 2.75) is 59.3 Å². The maximum absolute atomic E-state index is 10.5. The molecule has 0 aromatic carbocycles. The van der Waals surface area contributed by atoms with Crippen LogP contribution in [-0.2, 0) is 9.53 Å². The van der Waals surface area contributed by atoms with E-state index in [1.165, 1.54) is 39.0 Å². The van der Waals surface area contributed by atoms with Gasteiger partial charge in [-0.15, -0.1) is 0 Å². The Morgan fingerprint density at radius 3 is 2.69 bits per heavy atom. The third-order valence-electron chi connectivity index (χ3n) is 2.57. The predicted molar refractivity (Wildman–Crippen MR) is 68.3 cm³/mol. The third-order valence-corrected chi connectivity index (χ3v) is 2.57. The molecule has 0 saturated heterocycles. The molecule has 0 amide bonds. The van der Waals surface area contributed by atoms with E-state index in [1.54, 1.807) is 0 Å². The van der Waals surface area contributed by atoms with Crippen molar-refractivity contribution in [3.05, 3.63) is 12.2 Å². The van der Waals surface area contributed by atoms with E-state index in [1.807, 2.05) is 0 Å². The lowest BCUT2D eigenvalue weighted by atomic mass is 10.1. The fraction of sp³-hybridized carbons (Fsp3) is 0.786. The highest BCUT2D eigenvalue weighted by molar-refractivity contribution is 5.65. The van der Waals surface area contributed by atoms with E-state index in [2.05, 4.69) is 26.0 Å². The van der Waals surface area contributed by atoms with Crippen LogP contribution in [-0.4, -0.2) is 12.6 Å². The first-order chi connectivity index (χ1) is 7.66. The first-order valence-electron chi connectivity index (χ1n) is 6.46. The molecule has 2 nitrogen and oxygen atoms in total. The number of hydrogen-bond donors (Lipinski definition) is 0. The summed E-state index contributed by atoms with van der Waals surface area (Å²) in [6.07, 6.45) is 11.9. The van der Waals surface area contributed by atoms with Crippen molar-refractivity contribution in [3.63, 3.8) is 0 Å². The van der Waals surface area contributed by atoms with Crippen molar-refractivity contribution in [2.75, 3.05) is 6.61 Å². The largest absolute Gasteiger partial charge is 0.466 e. The number of carbonyl (C=O) groups excluding carboxylic acids is 1. The molecular weight excluding hydrogens is 200 g/mol. The second-order valence-electron chi connectivity index (χ2n) is 4.38. The molecule has 0 saturated carbocycles. The Balaban J connectivity index is 3.36. The van der Waals surface area contributed by atoms with Crippen LogP contribution in [0.3, 0.4) is 0 Å². The van der Waals surface area contributed by atoms with E-state index in [0.717, 1.165) is 6.42 Å². The van der Waals surface area contributed by atoms with Crippen molar-refractivity contribution in [3.8, 4) is 0 Å². The third kappa shape index (κ3) is 11.3. The minimum Gasteiger partial charge on any atom is -0.466 e. The lowest BCUT2D eigenvalue weighted by Crippen LogP contribution is -2.03. The van der Waals surface area contributed by atoms with Gasteiger partial charge in [-0.2, -0.15) is 0 Å². The predicted octanol–water partition coefficient (Wildman–Crippen LogP) is 4.10. The summed E-state index contributed by atoms with van der Waals surface area (Å²) < 4.78 is 4.90. The zero-order valence-corrected chi connectivity index (χ0v) is 11.0. The average molecular weight is 226 g/mol. The SMILES string of the molecule is CCCCCCC=CC(C)CCOC(C)=O. The summed E-state index contributed by atoms with van der Waals surface area (Å²) in [4.78, 5) is 10.5. The van der Waals surface area contributed by atoms with Gasteiger partial charge in [-0.25, -0.2) is 0 Å². The summed E-state index contributed by atoms with van der Waals surface area (Å²) in [5.41, 5.74) is 0. The molecule has 0 fully saturated rings. The standard InChI is InChI=1S/C14H26O2/c1-4-5-6-7-8-9-10-13(2)11-12-16-14(3)15/h9-10,13H,4-8,11-12H2,1-3H3. The van der Waals surface area contributed by atoms with Crippen molar-refractivity contribution in [1.29, 1.82) is 0 Å². The fourth-order valence-corrected chi connectivity index (χ4v) is 1.50. The number of ether oxygens (including phenoxy) is 1. The smallest absolute Gasteiger partial charge is 0.302 e. The van der Waals surface area contributed by atoms with Gasteiger partial charge in [0.2, 0.25) is 0 Å². The first kappa shape index (κ1) is 15.2. The van der Waals surface area contributed by atoms with Crippen LogP contribution >= 0.6 is 0 Å². The Morgan fingerprint density at radius 2 is 2.06 bits per heavy atom. The van der Waals surface area contributed by atoms with Crippen LogP contribution in [0.5, 0.6) is 0 Å². The molecule has 0 spiro atoms. The molecule has 2 heteroatoms. The highest BCUT2D eigenvalue weighted by Gasteiger charge is 1.98. The summed E-state index contributed by atoms with van der Waals surface area (Å²) in [7, 11) is 0. The summed E-state index contributed by atoms with van der Waals surface area (Å²) in [5, 5.41) is 0. The summed E-state index contributed by atoms with van der Waals surface area (Å²) in [6, 6.07) is 0. The molecule has 0 N–H and O–H groups in total. The molecule has 0 rings (SSSR count). The van der Waals surface area contributed by atoms with Gasteiger partial charge in [0.25, 0.3) is 0 Å². The molecule has 0 aliphatic rings. The highest BCUT2D eigenvalue weighted by Crippen LogP contribution is 2.07. The lowest BCUT2D eigenvalue weighted by Gasteiger charge is -2.05. The van der Waals surface area contributed by atoms with Crippen LogP contribution in [0, 0.1) is 5.92 Å². The van der Waals surface area contributed by atoms with E-state index in [0.29, 0.717) is 12.5 Å². The van der Waals surface area contributed by atoms with E-state index in [4.69, 9.17) is 4.74 Å². The quantitative estimate of drug-likeness (QED) is 0.336. The Kier molecular flexibility index (Phi) is 10.2. The minimum atomic E-state index is -0.184. The Morgan fingerprint density at radius 1 is 1.31 bits per heavy atom. The maximum Gasteiger partial charge on any atom is 0.302 e. The number of esters is 1. The molecule has 16 heavy (non-hydrogen) atoms. The second kappa shape index (κ2) is 10.7. The van der Waals surface area contributed by atoms with Gasteiger partial charge in [-0.1, -0.05) is 45.3 Å². The molecular formula is C14H26O2. The molecule has 0 aliphatic heterocycles. The summed E-state index contributed by atoms with van der Waals surface area (Å²) >= 11 is 0. The van der Waals surface area contributed by atoms with Crippen molar-refractivity contribution < 1.29 is 9.53 Å². The van der Waals surface area contributed by atoms with Crippen LogP contribution in [0.25, 0.3) is 0 Å². The van der Waals surface area contributed by atoms with Gasteiger partial charge in [0.1, 0.15) is 0 Å². The molecule has 0 heterocycles. The van der Waals surface area contributed by atoms with E-state index in [9.17, 15) is 4.79 Å². The molecule has 0 aromatic heterocycles. The van der Waals surface area contributed by atoms with Gasteiger partial charge in [-0.3, -0.25) is 4.79 Å². The zero-order valence-electron chi connectivity index (χ0n) is 11.0. The van der Waals surface area contributed by atoms with Gasteiger partial charge < -0.3 is 4.74 Å². The second-order valence-corrected chi connectivity index (χ2v) is 4.38. The molecule has 1 atom stereocenters. The van der Waals surface area contributed by atoms with Crippen molar-refractivity contribution in [2.24, 2.45) is 5.92 Å². The van der Waals surface area contributed by atoms with E-state index >= 15 is 0 Å². The van der Waals surface area contributed by atoms with Gasteiger partial charge in [0.05, 0.1) is 6.61 Å². The monoisotopic (exact) mass is 226 g/mol. The molecule has 0 aliphatic carbocycles. The number of rotatable bonds is 9. The summed E-state index contributed by atoms with van der Waals surface area (Å²) in [5.74, 6) is 0.321. The average Bonchev–Trinajstić information content (AvgIpc) is 2.22. The first-order valence-corrected chi connectivity index (χ1v) is 6.46. The van der Waals surface area contributed by atoms with Crippen LogP contribution < -0.4 is 0 Å². The number of hydrogen-bond acceptors (Lipinski definition) is 2. The van der Waals surface area contributed by atoms with E-state index in [-0.39, 0.29) is 5.97 Å². The van der Waals surface area contributed by atoms with Gasteiger partial charge in [0.15, 0.2) is 0 Å². The van der Waals surface area contributed by atoms with Crippen LogP contribution in [0.4, 0.5) is 0 Å². The van der Waals surface area contributed by atoms with Gasteiger partial charge in [-0.05, 0) is 25.2 Å². The lowest BCUT2D eigenvalue weighted by molar-refractivity contribution is -0.141. The van der Waals surface area contributed by atoms with Crippen LogP contribution in [0.1, 0.15) is 59.3 Å². The topological polar surface area (TPSA) is 26.3 Å². The van der Waals surface area contributed by atoms with Crippen molar-refractivity contribution >= 4 is 5.97 Å². The number of unbranched alkanes of at least 4 members (excludes halogenated alkanes) is 4. The Bertz CT molecular complexity index is 197. The Labute approximate surface area is 100 Å². The molecule has 0 bridgehead atoms. The molecule has 1 unspecified atom stereocenters. The highest BCUT2D eigenvalue weighted by atomic mass is 16.5. The summed E-state index contributed by atoms with van der Waals surface area (Å²) in [6.45, 7) is 6.38. The van der Waals surface area contributed by atoms with E-state index < -0.39 is 0 Å². The minimum absolute atomic E-state index is 0.184. The number of carbonyl (C=O) groups is 1. The normalized spacial score (nSPS) is 12.9. The Hall–Kier alpha value is -0.790. The molecule has 0 radical (unpaired) electrons. The number of allylic oxidation sites excluding steroid dienone is 2. The fourth-order valence-electron chi connectivity index (χ4n) is 1.50. The van der Waals surface area contributed by atoms with Crippen molar-refractivity contribution in [1.82, 2.24) is 0 Å². The maximum atomic E-state index is 10.5. The van der Waals surface area contributed by atoms with Gasteiger partial charge in [0, 0.05) is 6.92 Å². The van der Waals surface area contributed by atoms with Crippen LogP contribution in [0.2, 0.25) is 0 Å². The molecule has 94 valence electrons. The molecule has 0 aromatic rings. The van der Waals surface area contributed by atoms with Gasteiger partial charge >= 0.3 is 5.97 Å². The zero-order chi connectivity index (χ0) is 12.2. The van der Waals surface area contributed by atoms with Crippen LogP contribution in [0.15, 0.2) is 12.2 Å².